The molecule has 2 aliphatic rings. The molecule has 4 rings (SSSR count). The fourth-order valence-corrected chi connectivity index (χ4v) is 8.94. The Morgan fingerprint density at radius 1 is 1.08 bits per heavy atom. The topological polar surface area (TPSA) is 102 Å². The Morgan fingerprint density at radius 2 is 1.72 bits per heavy atom. The van der Waals surface area contributed by atoms with Crippen LogP contribution in [0.5, 0.6) is 0 Å². The summed E-state index contributed by atoms with van der Waals surface area (Å²) < 4.78 is 37.6. The van der Waals surface area contributed by atoms with Crippen LogP contribution in [0.2, 0.25) is 0 Å². The number of carbonyl (C=O) groups is 1. The Kier molecular flexibility index (Phi) is 9.01. The Hall–Kier alpha value is -1.75. The van der Waals surface area contributed by atoms with Gasteiger partial charge in [-0.1, -0.05) is 52.9 Å². The average Bonchev–Trinajstić information content (AvgIpc) is 3.42. The maximum absolute atomic E-state index is 13.5. The molecular weight excluding hydrogens is 532 g/mol. The molecule has 1 saturated heterocycles. The first-order valence-electron chi connectivity index (χ1n) is 14.3. The van der Waals surface area contributed by atoms with Crippen molar-refractivity contribution in [3.05, 3.63) is 23.1 Å². The lowest BCUT2D eigenvalue weighted by molar-refractivity contribution is 0.0692. The number of nitrogens with zero attached hydrogens (tertiary/aromatic N) is 2. The normalized spacial score (nSPS) is 18.4. The first-order chi connectivity index (χ1) is 18.2. The number of rotatable bonds is 7. The molecule has 0 bridgehead atoms. The fraction of sp³-hybridized carbons (Fsp3) is 0.724. The van der Waals surface area contributed by atoms with Crippen molar-refractivity contribution >= 4 is 27.3 Å². The molecule has 1 aliphatic carbocycles. The molecule has 39 heavy (non-hydrogen) atoms. The van der Waals surface area contributed by atoms with Gasteiger partial charge in [-0.05, 0) is 52.0 Å². The van der Waals surface area contributed by atoms with Crippen molar-refractivity contribution in [2.24, 2.45) is 13.0 Å². The fourth-order valence-electron chi connectivity index (χ4n) is 5.59. The van der Waals surface area contributed by atoms with Crippen LogP contribution in [0.4, 0.5) is 0 Å². The Morgan fingerprint density at radius 3 is 2.31 bits per heavy atom. The Balaban J connectivity index is 1.79. The van der Waals surface area contributed by atoms with E-state index in [2.05, 4.69) is 10.0 Å². The summed E-state index contributed by atoms with van der Waals surface area (Å²) in [5, 5.41) is 3.85. The van der Waals surface area contributed by atoms with Gasteiger partial charge in [0.05, 0.1) is 5.69 Å². The van der Waals surface area contributed by atoms with Gasteiger partial charge in [0.2, 0.25) is 0 Å². The highest BCUT2D eigenvalue weighted by Crippen LogP contribution is 2.41. The van der Waals surface area contributed by atoms with Gasteiger partial charge in [0.15, 0.2) is 4.21 Å². The first-order valence-corrected chi connectivity index (χ1v) is 16.6. The molecule has 2 aromatic heterocycles. The van der Waals surface area contributed by atoms with Gasteiger partial charge in [-0.25, -0.2) is 18.1 Å². The second-order valence-corrected chi connectivity index (χ2v) is 16.2. The minimum absolute atomic E-state index is 0.0963. The van der Waals surface area contributed by atoms with Crippen molar-refractivity contribution in [3.8, 4) is 10.6 Å². The quantitative estimate of drug-likeness (QED) is 0.448. The predicted molar refractivity (Wildman–Crippen MR) is 157 cm³/mol. The van der Waals surface area contributed by atoms with Crippen molar-refractivity contribution < 1.29 is 17.9 Å². The lowest BCUT2D eigenvalue weighted by Crippen LogP contribution is -2.40. The van der Waals surface area contributed by atoms with E-state index in [0.717, 1.165) is 30.5 Å². The van der Waals surface area contributed by atoms with E-state index in [1.165, 1.54) is 43.4 Å². The minimum atomic E-state index is -3.79. The lowest BCUT2D eigenvalue weighted by Gasteiger charge is -2.24. The van der Waals surface area contributed by atoms with Crippen LogP contribution in [0.3, 0.4) is 0 Å². The van der Waals surface area contributed by atoms with Crippen LogP contribution in [0, 0.1) is 5.92 Å². The highest BCUT2D eigenvalue weighted by atomic mass is 32.2. The number of hydrogen-bond donors (Lipinski definition) is 2. The van der Waals surface area contributed by atoms with E-state index in [4.69, 9.17) is 9.72 Å². The first kappa shape index (κ1) is 30.2. The monoisotopic (exact) mass is 578 g/mol. The Bertz CT molecular complexity index is 1270. The molecular formula is C29H46N4O4S2. The van der Waals surface area contributed by atoms with Gasteiger partial charge in [-0.2, -0.15) is 0 Å². The molecule has 2 aromatic rings. The van der Waals surface area contributed by atoms with Crippen LogP contribution in [0.1, 0.15) is 108 Å². The molecule has 0 aromatic carbocycles. The molecule has 3 heterocycles. The van der Waals surface area contributed by atoms with Crippen molar-refractivity contribution in [2.75, 3.05) is 13.2 Å². The number of amides is 1. The zero-order valence-electron chi connectivity index (χ0n) is 24.6. The number of sulfonamides is 1. The standard InChI is InChI=1S/C29H46N4O4S2/c1-28(2,3)24-27(39(35,36)32-29(4,5)6)38-26(31-24)21-18-23(25(34)30-20-13-15-37-16-14-20)33(7)22(21)17-19-11-9-8-10-12-19/h18-20,32H,8-17H2,1-7H3,(H,30,34). The van der Waals surface area contributed by atoms with Gasteiger partial charge < -0.3 is 14.6 Å². The van der Waals surface area contributed by atoms with E-state index in [1.54, 1.807) is 0 Å². The van der Waals surface area contributed by atoms with Crippen LogP contribution < -0.4 is 10.0 Å². The number of ether oxygens (including phenoxy) is 1. The summed E-state index contributed by atoms with van der Waals surface area (Å²) in [4.78, 5) is 18.4. The van der Waals surface area contributed by atoms with Crippen LogP contribution in [-0.2, 0) is 33.6 Å². The van der Waals surface area contributed by atoms with Gasteiger partial charge in [0, 0.05) is 48.5 Å². The largest absolute Gasteiger partial charge is 0.381 e. The van der Waals surface area contributed by atoms with Crippen LogP contribution >= 0.6 is 11.3 Å². The van der Waals surface area contributed by atoms with Crippen molar-refractivity contribution in [1.82, 2.24) is 19.6 Å². The molecule has 0 radical (unpaired) electrons. The van der Waals surface area contributed by atoms with Crippen molar-refractivity contribution in [1.29, 1.82) is 0 Å². The smallest absolute Gasteiger partial charge is 0.268 e. The summed E-state index contributed by atoms with van der Waals surface area (Å²) >= 11 is 1.21. The molecule has 0 atom stereocenters. The molecule has 8 nitrogen and oxygen atoms in total. The van der Waals surface area contributed by atoms with Gasteiger partial charge in [0.25, 0.3) is 15.9 Å². The predicted octanol–water partition coefficient (Wildman–Crippen LogP) is 5.55. The van der Waals surface area contributed by atoms with Crippen molar-refractivity contribution in [2.45, 2.75) is 114 Å². The summed E-state index contributed by atoms with van der Waals surface area (Å²) in [5.41, 5.74) is 1.98. The molecule has 218 valence electrons. The zero-order chi connectivity index (χ0) is 28.6. The number of thiazole rings is 1. The van der Waals surface area contributed by atoms with E-state index < -0.39 is 21.0 Å². The second-order valence-electron chi connectivity index (χ2n) is 13.3. The third-order valence-electron chi connectivity index (χ3n) is 7.58. The van der Waals surface area contributed by atoms with E-state index in [1.807, 2.05) is 59.2 Å². The molecule has 0 unspecified atom stereocenters. The Labute approximate surface area is 238 Å². The van der Waals surface area contributed by atoms with Crippen molar-refractivity contribution in [3.63, 3.8) is 0 Å². The van der Waals surface area contributed by atoms with Gasteiger partial charge in [0.1, 0.15) is 10.7 Å². The summed E-state index contributed by atoms with van der Waals surface area (Å²) in [7, 11) is -1.83. The molecule has 10 heteroatoms. The summed E-state index contributed by atoms with van der Waals surface area (Å²) in [5.74, 6) is 0.445. The molecule has 0 spiro atoms. The van der Waals surface area contributed by atoms with E-state index in [9.17, 15) is 13.2 Å². The highest BCUT2D eigenvalue weighted by Gasteiger charge is 2.35. The third-order valence-corrected chi connectivity index (χ3v) is 10.9. The maximum atomic E-state index is 13.5. The zero-order valence-corrected chi connectivity index (χ0v) is 26.3. The minimum Gasteiger partial charge on any atom is -0.381 e. The second kappa shape index (κ2) is 11.6. The lowest BCUT2D eigenvalue weighted by atomic mass is 9.85. The van der Waals surface area contributed by atoms with E-state index >= 15 is 0 Å². The average molecular weight is 579 g/mol. The van der Waals surface area contributed by atoms with Crippen LogP contribution in [0.25, 0.3) is 10.6 Å². The van der Waals surface area contributed by atoms with Gasteiger partial charge in [-0.15, -0.1) is 11.3 Å². The maximum Gasteiger partial charge on any atom is 0.268 e. The highest BCUT2D eigenvalue weighted by molar-refractivity contribution is 7.91. The van der Waals surface area contributed by atoms with Gasteiger partial charge >= 0.3 is 0 Å². The van der Waals surface area contributed by atoms with Crippen LogP contribution in [0.15, 0.2) is 10.3 Å². The number of nitrogens with one attached hydrogen (secondary N) is 2. The van der Waals surface area contributed by atoms with E-state index in [-0.39, 0.29) is 16.2 Å². The SMILES string of the molecule is Cn1c(C(=O)NC2CCOCC2)cc(-c2nc(C(C)(C)C)c(S(=O)(=O)NC(C)(C)C)s2)c1CC1CCCCC1. The van der Waals surface area contributed by atoms with E-state index in [0.29, 0.717) is 35.5 Å². The summed E-state index contributed by atoms with van der Waals surface area (Å²) in [6.07, 6.45) is 8.55. The van der Waals surface area contributed by atoms with Gasteiger partial charge in [-0.3, -0.25) is 4.79 Å². The number of hydrogen-bond acceptors (Lipinski definition) is 6. The van der Waals surface area contributed by atoms with Crippen LogP contribution in [-0.4, -0.2) is 48.7 Å². The molecule has 1 aliphatic heterocycles. The molecule has 2 fully saturated rings. The molecule has 2 N–H and O–H groups in total. The summed E-state index contributed by atoms with van der Waals surface area (Å²) in [6.45, 7) is 12.8. The molecule has 1 amide bonds. The number of aromatic nitrogens is 2. The number of carbonyl (C=O) groups excluding carboxylic acids is 1. The third kappa shape index (κ3) is 7.31. The molecule has 1 saturated carbocycles. The summed E-state index contributed by atoms with van der Waals surface area (Å²) in [6, 6.07) is 2.02.